The third kappa shape index (κ3) is 6.06. The highest BCUT2D eigenvalue weighted by atomic mass is 79.9. The molecule has 0 bridgehead atoms. The fourth-order valence-corrected chi connectivity index (χ4v) is 2.41. The van der Waals surface area contributed by atoms with Gasteiger partial charge in [0, 0.05) is 10.5 Å². The molecule has 4 heteroatoms. The van der Waals surface area contributed by atoms with E-state index in [0.29, 0.717) is 6.54 Å². The monoisotopic (exact) mass is 338 g/mol. The first-order valence-electron chi connectivity index (χ1n) is 7.38. The van der Waals surface area contributed by atoms with Crippen molar-refractivity contribution >= 4 is 21.8 Å². The topological polar surface area (TPSA) is 41.1 Å². The van der Waals surface area contributed by atoms with Gasteiger partial charge in [-0.05, 0) is 62.8 Å². The van der Waals surface area contributed by atoms with Crippen LogP contribution in [-0.4, -0.2) is 25.0 Å². The van der Waals surface area contributed by atoms with Crippen LogP contribution in [0.15, 0.2) is 28.7 Å². The van der Waals surface area contributed by atoms with Gasteiger partial charge >= 0.3 is 0 Å². The van der Waals surface area contributed by atoms with Crippen molar-refractivity contribution in [1.82, 2.24) is 10.6 Å². The fraction of sp³-hybridized carbons (Fsp3) is 0.562. The molecule has 1 atom stereocenters. The molecular formula is C16H23BrN2O. The zero-order valence-corrected chi connectivity index (χ0v) is 13.6. The van der Waals surface area contributed by atoms with Crippen molar-refractivity contribution in [3.63, 3.8) is 0 Å². The van der Waals surface area contributed by atoms with Crippen LogP contribution >= 0.6 is 15.9 Å². The number of carbonyl (C=O) groups excluding carboxylic acids is 1. The number of benzene rings is 1. The lowest BCUT2D eigenvalue weighted by Crippen LogP contribution is -2.39. The number of rotatable bonds is 8. The Morgan fingerprint density at radius 2 is 2.05 bits per heavy atom. The van der Waals surface area contributed by atoms with Crippen LogP contribution in [0, 0.1) is 5.92 Å². The number of carbonyl (C=O) groups is 1. The summed E-state index contributed by atoms with van der Waals surface area (Å²) >= 11 is 3.43. The molecule has 20 heavy (non-hydrogen) atoms. The Balaban J connectivity index is 1.59. The van der Waals surface area contributed by atoms with Gasteiger partial charge in [0.25, 0.3) is 0 Å². The molecule has 1 aliphatic carbocycles. The van der Waals surface area contributed by atoms with E-state index in [0.717, 1.165) is 29.8 Å². The Labute approximate surface area is 129 Å². The summed E-state index contributed by atoms with van der Waals surface area (Å²) in [5, 5.41) is 6.26. The van der Waals surface area contributed by atoms with Crippen LogP contribution in [0.1, 0.15) is 31.7 Å². The van der Waals surface area contributed by atoms with Crippen molar-refractivity contribution in [1.29, 1.82) is 0 Å². The van der Waals surface area contributed by atoms with Gasteiger partial charge in [-0.1, -0.05) is 28.1 Å². The predicted molar refractivity (Wildman–Crippen MR) is 85.7 cm³/mol. The van der Waals surface area contributed by atoms with Crippen molar-refractivity contribution in [2.75, 3.05) is 13.1 Å². The molecule has 2 N–H and O–H groups in total. The minimum absolute atomic E-state index is 0.106. The second kappa shape index (κ2) is 7.79. The summed E-state index contributed by atoms with van der Waals surface area (Å²) in [6.07, 6.45) is 4.59. The van der Waals surface area contributed by atoms with Gasteiger partial charge in [-0.3, -0.25) is 4.79 Å². The summed E-state index contributed by atoms with van der Waals surface area (Å²) in [6, 6.07) is 8.57. The van der Waals surface area contributed by atoms with Crippen molar-refractivity contribution in [2.24, 2.45) is 5.92 Å². The van der Waals surface area contributed by atoms with Gasteiger partial charge in [0.1, 0.15) is 0 Å². The minimum Gasteiger partial charge on any atom is -0.353 e. The highest BCUT2D eigenvalue weighted by Gasteiger charge is 2.20. The zero-order valence-electron chi connectivity index (χ0n) is 12.0. The third-order valence-corrected chi connectivity index (χ3v) is 4.13. The van der Waals surface area contributed by atoms with Crippen LogP contribution in [0.3, 0.4) is 0 Å². The van der Waals surface area contributed by atoms with Crippen molar-refractivity contribution < 1.29 is 4.79 Å². The minimum atomic E-state index is 0.106. The normalized spacial score (nSPS) is 15.9. The lowest BCUT2D eigenvalue weighted by molar-refractivity contribution is -0.120. The smallest absolute Gasteiger partial charge is 0.234 e. The van der Waals surface area contributed by atoms with E-state index in [1.807, 2.05) is 0 Å². The molecule has 3 nitrogen and oxygen atoms in total. The largest absolute Gasteiger partial charge is 0.353 e. The van der Waals surface area contributed by atoms with Gasteiger partial charge in [-0.2, -0.15) is 0 Å². The van der Waals surface area contributed by atoms with E-state index in [9.17, 15) is 4.79 Å². The Bertz CT molecular complexity index is 429. The summed E-state index contributed by atoms with van der Waals surface area (Å²) in [5.41, 5.74) is 1.31. The standard InChI is InChI=1S/C16H23BrN2O/c1-12(2-3-13-6-8-15(17)9-7-13)19-16(20)11-18-10-14-4-5-14/h6-9,12,14,18H,2-5,10-11H2,1H3,(H,19,20). The Hall–Kier alpha value is -0.870. The lowest BCUT2D eigenvalue weighted by Gasteiger charge is -2.14. The molecule has 1 amide bonds. The average molecular weight is 339 g/mol. The molecule has 0 spiro atoms. The second-order valence-corrected chi connectivity index (χ2v) is 6.62. The Kier molecular flexibility index (Phi) is 6.05. The Morgan fingerprint density at radius 1 is 1.35 bits per heavy atom. The average Bonchev–Trinajstić information content (AvgIpc) is 3.22. The van der Waals surface area contributed by atoms with Gasteiger partial charge < -0.3 is 10.6 Å². The molecule has 0 heterocycles. The SMILES string of the molecule is CC(CCc1ccc(Br)cc1)NC(=O)CNCC1CC1. The lowest BCUT2D eigenvalue weighted by atomic mass is 10.1. The number of aryl methyl sites for hydroxylation is 1. The Morgan fingerprint density at radius 3 is 2.70 bits per heavy atom. The first-order chi connectivity index (χ1) is 9.63. The highest BCUT2D eigenvalue weighted by molar-refractivity contribution is 9.10. The van der Waals surface area contributed by atoms with Crippen molar-refractivity contribution in [3.8, 4) is 0 Å². The molecule has 0 saturated heterocycles. The van der Waals surface area contributed by atoms with Crippen LogP contribution in [0.5, 0.6) is 0 Å². The van der Waals surface area contributed by atoms with Gasteiger partial charge in [0.2, 0.25) is 5.91 Å². The van der Waals surface area contributed by atoms with E-state index < -0.39 is 0 Å². The second-order valence-electron chi connectivity index (χ2n) is 5.71. The van der Waals surface area contributed by atoms with Crippen LogP contribution in [0.4, 0.5) is 0 Å². The van der Waals surface area contributed by atoms with Gasteiger partial charge in [-0.25, -0.2) is 0 Å². The maximum atomic E-state index is 11.7. The summed E-state index contributed by atoms with van der Waals surface area (Å²) < 4.78 is 1.10. The summed E-state index contributed by atoms with van der Waals surface area (Å²) in [6.45, 7) is 3.50. The van der Waals surface area contributed by atoms with Crippen LogP contribution in [0.25, 0.3) is 0 Å². The fourth-order valence-electron chi connectivity index (χ4n) is 2.14. The van der Waals surface area contributed by atoms with Crippen LogP contribution in [0.2, 0.25) is 0 Å². The maximum absolute atomic E-state index is 11.7. The van der Waals surface area contributed by atoms with E-state index in [4.69, 9.17) is 0 Å². The van der Waals surface area contributed by atoms with Crippen molar-refractivity contribution in [3.05, 3.63) is 34.3 Å². The van der Waals surface area contributed by atoms with Crippen LogP contribution in [-0.2, 0) is 11.2 Å². The quantitative estimate of drug-likeness (QED) is 0.765. The molecule has 1 aromatic rings. The van der Waals surface area contributed by atoms with E-state index in [2.05, 4.69) is 57.8 Å². The number of halogens is 1. The molecular weight excluding hydrogens is 316 g/mol. The molecule has 1 aromatic carbocycles. The summed E-state index contributed by atoms with van der Waals surface area (Å²) in [7, 11) is 0. The molecule has 1 aliphatic rings. The molecule has 0 radical (unpaired) electrons. The van der Waals surface area contributed by atoms with E-state index in [1.54, 1.807) is 0 Å². The molecule has 1 saturated carbocycles. The van der Waals surface area contributed by atoms with Gasteiger partial charge in [-0.15, -0.1) is 0 Å². The molecule has 0 aromatic heterocycles. The summed E-state index contributed by atoms with van der Waals surface area (Å²) in [5.74, 6) is 0.923. The maximum Gasteiger partial charge on any atom is 0.234 e. The van der Waals surface area contributed by atoms with Gasteiger partial charge in [0.15, 0.2) is 0 Å². The molecule has 110 valence electrons. The summed E-state index contributed by atoms with van der Waals surface area (Å²) in [4.78, 5) is 11.7. The number of hydrogen-bond acceptors (Lipinski definition) is 2. The highest BCUT2D eigenvalue weighted by Crippen LogP contribution is 2.27. The van der Waals surface area contributed by atoms with E-state index >= 15 is 0 Å². The van der Waals surface area contributed by atoms with Crippen molar-refractivity contribution in [2.45, 2.75) is 38.6 Å². The predicted octanol–water partition coefficient (Wildman–Crippen LogP) is 2.89. The van der Waals surface area contributed by atoms with E-state index in [1.165, 1.54) is 18.4 Å². The van der Waals surface area contributed by atoms with E-state index in [-0.39, 0.29) is 11.9 Å². The molecule has 2 rings (SSSR count). The third-order valence-electron chi connectivity index (χ3n) is 3.60. The number of amides is 1. The first kappa shape index (κ1) is 15.5. The first-order valence-corrected chi connectivity index (χ1v) is 8.17. The number of nitrogens with one attached hydrogen (secondary N) is 2. The molecule has 1 unspecified atom stereocenters. The zero-order chi connectivity index (χ0) is 14.4. The van der Waals surface area contributed by atoms with Crippen LogP contribution < -0.4 is 10.6 Å². The van der Waals surface area contributed by atoms with Gasteiger partial charge in [0.05, 0.1) is 6.54 Å². The molecule has 1 fully saturated rings. The molecule has 0 aliphatic heterocycles. The number of hydrogen-bond donors (Lipinski definition) is 2.